The molecule has 4 nitrogen and oxygen atoms in total. The summed E-state index contributed by atoms with van der Waals surface area (Å²) in [6, 6.07) is 0. The van der Waals surface area contributed by atoms with E-state index in [0.29, 0.717) is 0 Å². The van der Waals surface area contributed by atoms with Crippen LogP contribution in [0.3, 0.4) is 0 Å². The van der Waals surface area contributed by atoms with Gasteiger partial charge < -0.3 is 21.9 Å². The van der Waals surface area contributed by atoms with Crippen molar-refractivity contribution in [2.24, 2.45) is 0 Å². The number of rotatable bonds is 0. The summed E-state index contributed by atoms with van der Waals surface area (Å²) < 4.78 is 0. The number of hydrogen-bond donors (Lipinski definition) is 0. The van der Waals surface area contributed by atoms with Gasteiger partial charge in [-0.3, -0.25) is 0 Å². The zero-order chi connectivity index (χ0) is 2.71. The van der Waals surface area contributed by atoms with Crippen molar-refractivity contribution in [1.82, 2.24) is 0 Å². The van der Waals surface area contributed by atoms with Crippen molar-refractivity contribution in [2.75, 3.05) is 0 Å². The summed E-state index contributed by atoms with van der Waals surface area (Å²) in [5.74, 6) is 0. The van der Waals surface area contributed by atoms with Crippen molar-refractivity contribution in [2.45, 2.75) is 0 Å². The van der Waals surface area contributed by atoms with E-state index in [1.54, 1.807) is 0 Å². The fourth-order valence-corrected chi connectivity index (χ4v) is 0. The minimum atomic E-state index is -1.07. The molecule has 0 aliphatic heterocycles. The van der Waals surface area contributed by atoms with Crippen molar-refractivity contribution in [3.63, 3.8) is 0 Å². The van der Waals surface area contributed by atoms with Crippen LogP contribution in [0, 0.1) is 0 Å². The van der Waals surface area contributed by atoms with E-state index in [9.17, 15) is 0 Å². The first-order chi connectivity index (χ1) is 1.41. The Kier molecular flexibility index (Phi) is 310. The predicted molar refractivity (Wildman–Crippen MR) is 26.2 cm³/mol. The molecule has 0 saturated carbocycles. The van der Waals surface area contributed by atoms with Gasteiger partial charge in [-0.05, 0) is 0 Å². The summed E-state index contributed by atoms with van der Waals surface area (Å²) in [6.07, 6.45) is 0. The molecule has 0 atom stereocenters. The Balaban J connectivity index is -0.00000000333. The van der Waals surface area contributed by atoms with Gasteiger partial charge in [0.2, 0.25) is 0 Å². The second kappa shape index (κ2) is 53.8. The monoisotopic (exact) mass is 256 g/mol. The summed E-state index contributed by atoms with van der Waals surface area (Å²) >= 11 is -1.07. The Hall–Kier alpha value is 1.34. The standard InChI is InChI=1S/Cd.2ClH.4H2O/h;2*1H;4*1H2/q+2;;;;;;/p-2. The van der Waals surface area contributed by atoms with Crippen LogP contribution in [-0.4, -0.2) is 21.9 Å². The van der Waals surface area contributed by atoms with E-state index in [-0.39, 0.29) is 21.9 Å². The van der Waals surface area contributed by atoms with Crippen LogP contribution >= 0.6 is 16.6 Å². The summed E-state index contributed by atoms with van der Waals surface area (Å²) in [4.78, 5) is 0. The molecule has 0 amide bonds. The van der Waals surface area contributed by atoms with Crippen molar-refractivity contribution in [3.05, 3.63) is 0 Å². The molecule has 0 spiro atoms. The van der Waals surface area contributed by atoms with Gasteiger partial charge in [0.05, 0.1) is 0 Å². The maximum atomic E-state index is 4.97. The summed E-state index contributed by atoms with van der Waals surface area (Å²) in [6.45, 7) is 0. The number of halogens is 2. The molecule has 0 aliphatic rings. The van der Waals surface area contributed by atoms with Gasteiger partial charge in [0, 0.05) is 0 Å². The third-order valence-electron chi connectivity index (χ3n) is 0. The average Bonchev–Trinajstić information content (AvgIpc) is 0.918. The molecule has 0 aromatic heterocycles. The Bertz CT molecular complexity index is 9.65. The van der Waals surface area contributed by atoms with E-state index in [0.717, 1.165) is 0 Å². The topological polar surface area (TPSA) is 126 Å². The molecule has 0 fully saturated rings. The maximum absolute atomic E-state index is 4.97. The molecule has 0 heterocycles. The first-order valence-corrected chi connectivity index (χ1v) is 10.8. The summed E-state index contributed by atoms with van der Waals surface area (Å²) in [7, 11) is 9.95. The Morgan fingerprint density at radius 2 is 0.714 bits per heavy atom. The molecule has 0 saturated heterocycles. The second-order valence-corrected chi connectivity index (χ2v) is 6.10. The van der Waals surface area contributed by atoms with Crippen LogP contribution in [0.4, 0.5) is 0 Å². The molecule has 0 aliphatic carbocycles. The first-order valence-electron chi connectivity index (χ1n) is 0.535. The SMILES string of the molecule is O.O.O.O.[Cl][Cd][Cl]. The third kappa shape index (κ3) is 116. The zero-order valence-corrected chi connectivity index (χ0v) is 9.01. The molecular weight excluding hydrogens is 247 g/mol. The van der Waals surface area contributed by atoms with Crippen LogP contribution in [0.1, 0.15) is 0 Å². The van der Waals surface area contributed by atoms with Crippen LogP contribution in [0.5, 0.6) is 0 Å². The normalized spacial score (nSPS) is 1.43. The van der Waals surface area contributed by atoms with Gasteiger partial charge in [-0.2, -0.15) is 0 Å². The molecule has 48 valence electrons. The van der Waals surface area contributed by atoms with E-state index < -0.39 is 21.8 Å². The quantitative estimate of drug-likeness (QED) is 0.447. The van der Waals surface area contributed by atoms with Gasteiger partial charge in [-0.25, -0.2) is 0 Å². The summed E-state index contributed by atoms with van der Waals surface area (Å²) in [5.41, 5.74) is 0. The molecule has 7 heavy (non-hydrogen) atoms. The Morgan fingerprint density at radius 3 is 0.714 bits per heavy atom. The van der Waals surface area contributed by atoms with E-state index in [2.05, 4.69) is 0 Å². The molecule has 0 aromatic rings. The van der Waals surface area contributed by atoms with Crippen LogP contribution in [-0.2, 0) is 21.8 Å². The van der Waals surface area contributed by atoms with Crippen LogP contribution in [0.15, 0.2) is 0 Å². The van der Waals surface area contributed by atoms with Gasteiger partial charge in [0.15, 0.2) is 0 Å². The average molecular weight is 255 g/mol. The first kappa shape index (κ1) is 40.3. The zero-order valence-electron chi connectivity index (χ0n) is 3.46. The molecule has 7 heteroatoms. The summed E-state index contributed by atoms with van der Waals surface area (Å²) in [5, 5.41) is 0. The minimum absolute atomic E-state index is 0. The van der Waals surface area contributed by atoms with Crippen LogP contribution in [0.2, 0.25) is 0 Å². The fraction of sp³-hybridized carbons (Fsp3) is 0. The molecule has 0 rings (SSSR count). The van der Waals surface area contributed by atoms with Gasteiger partial charge in [-0.1, -0.05) is 0 Å². The molecule has 0 radical (unpaired) electrons. The van der Waals surface area contributed by atoms with Crippen LogP contribution < -0.4 is 0 Å². The predicted octanol–water partition coefficient (Wildman–Crippen LogP) is -1.92. The van der Waals surface area contributed by atoms with Gasteiger partial charge in [-0.15, -0.1) is 0 Å². The number of hydrogen-bond acceptors (Lipinski definition) is 0. The van der Waals surface area contributed by atoms with Crippen molar-refractivity contribution in [1.29, 1.82) is 0 Å². The van der Waals surface area contributed by atoms with E-state index in [1.165, 1.54) is 0 Å². The Morgan fingerprint density at radius 1 is 0.714 bits per heavy atom. The van der Waals surface area contributed by atoms with Crippen molar-refractivity contribution >= 4 is 16.6 Å². The fourth-order valence-electron chi connectivity index (χ4n) is 0. The van der Waals surface area contributed by atoms with E-state index in [4.69, 9.17) is 16.6 Å². The van der Waals surface area contributed by atoms with Gasteiger partial charge in [0.25, 0.3) is 0 Å². The second-order valence-electron chi connectivity index (χ2n) is 0.101. The van der Waals surface area contributed by atoms with Crippen molar-refractivity contribution in [3.8, 4) is 0 Å². The van der Waals surface area contributed by atoms with Gasteiger partial charge >= 0.3 is 38.4 Å². The van der Waals surface area contributed by atoms with Crippen molar-refractivity contribution < 1.29 is 43.7 Å². The van der Waals surface area contributed by atoms with E-state index in [1.807, 2.05) is 0 Å². The van der Waals surface area contributed by atoms with Gasteiger partial charge in [0.1, 0.15) is 0 Å². The molecular formula is H8CdCl2O4. The molecule has 0 unspecified atom stereocenters. The molecule has 0 aromatic carbocycles. The molecule has 0 bridgehead atoms. The van der Waals surface area contributed by atoms with Crippen LogP contribution in [0.25, 0.3) is 0 Å². The van der Waals surface area contributed by atoms with E-state index >= 15 is 0 Å². The molecule has 8 N–H and O–H groups in total. The third-order valence-corrected chi connectivity index (χ3v) is 0. The Labute approximate surface area is 60.2 Å².